The highest BCUT2D eigenvalue weighted by atomic mass is 32.1. The number of benzene rings is 1. The van der Waals surface area contributed by atoms with Crippen LogP contribution in [0.15, 0.2) is 24.3 Å². The van der Waals surface area contributed by atoms with E-state index in [4.69, 9.17) is 11.0 Å². The molecule has 0 aliphatic carbocycles. The van der Waals surface area contributed by atoms with Gasteiger partial charge in [0, 0.05) is 16.5 Å². The first-order valence-electron chi connectivity index (χ1n) is 4.76. The number of hydrogen-bond donors (Lipinski definition) is 1. The third-order valence-electron chi connectivity index (χ3n) is 2.24. The molecule has 2 rings (SSSR count). The number of nitrogens with zero attached hydrogens (tertiary/aromatic N) is 2. The minimum atomic E-state index is -0.704. The van der Waals surface area contributed by atoms with E-state index in [0.29, 0.717) is 15.3 Å². The van der Waals surface area contributed by atoms with Crippen LogP contribution in [0, 0.1) is 27.3 Å². The number of nitrogens with two attached hydrogens (primary N) is 1. The molecule has 90 valence electrons. The second-order valence-electron chi connectivity index (χ2n) is 3.46. The predicted molar refractivity (Wildman–Crippen MR) is 65.5 cm³/mol. The number of nitriles is 1. The molecule has 7 heteroatoms. The van der Waals surface area contributed by atoms with Crippen molar-refractivity contribution in [3.05, 3.63) is 45.1 Å². The van der Waals surface area contributed by atoms with Crippen molar-refractivity contribution in [3.63, 3.8) is 0 Å². The number of nitro benzene ring substituents is 1. The average Bonchev–Trinajstić information content (AvgIpc) is 2.69. The third kappa shape index (κ3) is 2.14. The van der Waals surface area contributed by atoms with Crippen molar-refractivity contribution in [3.8, 4) is 16.5 Å². The number of rotatable bonds is 2. The topological polar surface area (TPSA) is 92.9 Å². The molecule has 0 atom stereocenters. The summed E-state index contributed by atoms with van der Waals surface area (Å²) < 4.78 is 13.3. The van der Waals surface area contributed by atoms with E-state index in [1.54, 1.807) is 0 Å². The molecule has 0 amide bonds. The molecule has 0 saturated heterocycles. The molecule has 0 bridgehead atoms. The first-order chi connectivity index (χ1) is 8.51. The van der Waals surface area contributed by atoms with E-state index in [9.17, 15) is 14.5 Å². The molecule has 0 radical (unpaired) electrons. The SMILES string of the molecule is N#Cc1sc(-c2cc(F)cc([N+](=O)[O-])c2)cc1N. The maximum Gasteiger partial charge on any atom is 0.273 e. The van der Waals surface area contributed by atoms with Crippen molar-refractivity contribution in [2.75, 3.05) is 5.73 Å². The van der Waals surface area contributed by atoms with Gasteiger partial charge in [0.1, 0.15) is 16.8 Å². The van der Waals surface area contributed by atoms with Gasteiger partial charge in [-0.05, 0) is 12.1 Å². The Kier molecular flexibility index (Phi) is 2.95. The summed E-state index contributed by atoms with van der Waals surface area (Å²) in [6.07, 6.45) is 0. The number of halogens is 1. The Morgan fingerprint density at radius 1 is 1.39 bits per heavy atom. The fourth-order valence-corrected chi connectivity index (χ4v) is 2.32. The normalized spacial score (nSPS) is 10.0. The van der Waals surface area contributed by atoms with Gasteiger partial charge in [-0.15, -0.1) is 11.3 Å². The Labute approximate surface area is 105 Å². The molecule has 2 aromatic rings. The van der Waals surface area contributed by atoms with Gasteiger partial charge in [-0.3, -0.25) is 10.1 Å². The number of hydrogen-bond acceptors (Lipinski definition) is 5. The van der Waals surface area contributed by atoms with E-state index in [2.05, 4.69) is 0 Å². The Morgan fingerprint density at radius 2 is 2.11 bits per heavy atom. The van der Waals surface area contributed by atoms with Crippen molar-refractivity contribution < 1.29 is 9.31 Å². The molecule has 18 heavy (non-hydrogen) atoms. The van der Waals surface area contributed by atoms with Gasteiger partial charge in [0.15, 0.2) is 0 Å². The van der Waals surface area contributed by atoms with Crippen LogP contribution in [-0.4, -0.2) is 4.92 Å². The zero-order valence-electron chi connectivity index (χ0n) is 8.88. The van der Waals surface area contributed by atoms with Crippen LogP contribution in [0.4, 0.5) is 15.8 Å². The van der Waals surface area contributed by atoms with Crippen LogP contribution in [0.3, 0.4) is 0 Å². The summed E-state index contributed by atoms with van der Waals surface area (Å²) in [4.78, 5) is 10.8. The highest BCUT2D eigenvalue weighted by molar-refractivity contribution is 7.16. The van der Waals surface area contributed by atoms with Crippen LogP contribution in [-0.2, 0) is 0 Å². The molecule has 0 aliphatic rings. The molecule has 2 N–H and O–H groups in total. The van der Waals surface area contributed by atoms with Gasteiger partial charge in [0.05, 0.1) is 16.7 Å². The molecule has 1 aromatic carbocycles. The van der Waals surface area contributed by atoms with Gasteiger partial charge in [-0.2, -0.15) is 5.26 Å². The number of nitro groups is 1. The Hall–Kier alpha value is -2.46. The van der Waals surface area contributed by atoms with E-state index in [1.807, 2.05) is 6.07 Å². The maximum atomic E-state index is 13.3. The lowest BCUT2D eigenvalue weighted by Gasteiger charge is -1.98. The molecule has 0 fully saturated rings. The van der Waals surface area contributed by atoms with Crippen LogP contribution >= 0.6 is 11.3 Å². The number of nitrogen functional groups attached to an aromatic ring is 1. The van der Waals surface area contributed by atoms with Gasteiger partial charge < -0.3 is 5.73 Å². The largest absolute Gasteiger partial charge is 0.397 e. The standard InChI is InChI=1S/C11H6FN3O2S/c12-7-1-6(2-8(3-7)15(16)17)10-4-9(14)11(5-13)18-10/h1-4H,14H2. The first-order valence-corrected chi connectivity index (χ1v) is 5.57. The average molecular weight is 263 g/mol. The summed E-state index contributed by atoms with van der Waals surface area (Å²) in [6.45, 7) is 0. The molecule has 0 unspecified atom stereocenters. The van der Waals surface area contributed by atoms with E-state index in [1.165, 1.54) is 18.2 Å². The summed E-state index contributed by atoms with van der Waals surface area (Å²) in [7, 11) is 0. The van der Waals surface area contributed by atoms with E-state index in [0.717, 1.165) is 17.4 Å². The highest BCUT2D eigenvalue weighted by Gasteiger charge is 2.14. The molecule has 0 aliphatic heterocycles. The van der Waals surface area contributed by atoms with Gasteiger partial charge in [-0.1, -0.05) is 0 Å². The fourth-order valence-electron chi connectivity index (χ4n) is 1.46. The lowest BCUT2D eigenvalue weighted by molar-refractivity contribution is -0.385. The molecular weight excluding hydrogens is 257 g/mol. The van der Waals surface area contributed by atoms with Crippen LogP contribution in [0.25, 0.3) is 10.4 Å². The lowest BCUT2D eigenvalue weighted by atomic mass is 10.1. The molecule has 1 aromatic heterocycles. The monoisotopic (exact) mass is 263 g/mol. The second-order valence-corrected chi connectivity index (χ2v) is 4.51. The van der Waals surface area contributed by atoms with Gasteiger partial charge in [0.2, 0.25) is 0 Å². The Morgan fingerprint density at radius 3 is 2.67 bits per heavy atom. The summed E-state index contributed by atoms with van der Waals surface area (Å²) in [5.74, 6) is -0.704. The second kappa shape index (κ2) is 4.43. The zero-order chi connectivity index (χ0) is 13.3. The van der Waals surface area contributed by atoms with Crippen LogP contribution < -0.4 is 5.73 Å². The van der Waals surface area contributed by atoms with Crippen LogP contribution in [0.5, 0.6) is 0 Å². The third-order valence-corrected chi connectivity index (χ3v) is 3.34. The first kappa shape index (κ1) is 12.0. The summed E-state index contributed by atoms with van der Waals surface area (Å²) in [5, 5.41) is 19.4. The highest BCUT2D eigenvalue weighted by Crippen LogP contribution is 2.34. The Bertz CT molecular complexity index is 675. The number of non-ortho nitro benzene ring substituents is 1. The lowest BCUT2D eigenvalue weighted by Crippen LogP contribution is -1.89. The van der Waals surface area contributed by atoms with Gasteiger partial charge in [0.25, 0.3) is 5.69 Å². The summed E-state index contributed by atoms with van der Waals surface area (Å²) >= 11 is 1.07. The molecule has 5 nitrogen and oxygen atoms in total. The summed E-state index contributed by atoms with van der Waals surface area (Å²) in [5.41, 5.74) is 5.86. The van der Waals surface area contributed by atoms with Gasteiger partial charge in [-0.25, -0.2) is 4.39 Å². The van der Waals surface area contributed by atoms with Crippen LogP contribution in [0.2, 0.25) is 0 Å². The van der Waals surface area contributed by atoms with Crippen molar-refractivity contribution >= 4 is 22.7 Å². The molecule has 1 heterocycles. The summed E-state index contributed by atoms with van der Waals surface area (Å²) in [6, 6.07) is 6.66. The van der Waals surface area contributed by atoms with Gasteiger partial charge >= 0.3 is 0 Å². The van der Waals surface area contributed by atoms with Crippen molar-refractivity contribution in [2.45, 2.75) is 0 Å². The number of anilines is 1. The predicted octanol–water partition coefficient (Wildman–Crippen LogP) is 2.92. The maximum absolute atomic E-state index is 13.3. The molecule has 0 saturated carbocycles. The van der Waals surface area contributed by atoms with E-state index < -0.39 is 10.7 Å². The van der Waals surface area contributed by atoms with Crippen molar-refractivity contribution in [1.29, 1.82) is 5.26 Å². The van der Waals surface area contributed by atoms with E-state index >= 15 is 0 Å². The van der Waals surface area contributed by atoms with Crippen molar-refractivity contribution in [2.24, 2.45) is 0 Å². The fraction of sp³-hybridized carbons (Fsp3) is 0. The quantitative estimate of drug-likeness (QED) is 0.665. The molecule has 0 spiro atoms. The van der Waals surface area contributed by atoms with E-state index in [-0.39, 0.29) is 11.4 Å². The van der Waals surface area contributed by atoms with Crippen molar-refractivity contribution in [1.82, 2.24) is 0 Å². The minimum Gasteiger partial charge on any atom is -0.397 e. The smallest absolute Gasteiger partial charge is 0.273 e. The zero-order valence-corrected chi connectivity index (χ0v) is 9.70. The number of thiophene rings is 1. The molecular formula is C11H6FN3O2S. The minimum absolute atomic E-state index is 0.282. The Balaban J connectivity index is 2.57. The van der Waals surface area contributed by atoms with Crippen LogP contribution in [0.1, 0.15) is 4.88 Å².